The molecule has 72 valence electrons. The van der Waals surface area contributed by atoms with E-state index in [-0.39, 0.29) is 6.29 Å². The van der Waals surface area contributed by atoms with Crippen LogP contribution >= 0.6 is 0 Å². The summed E-state index contributed by atoms with van der Waals surface area (Å²) >= 11 is 0. The highest BCUT2D eigenvalue weighted by molar-refractivity contribution is 5.56. The molecule has 12 heavy (non-hydrogen) atoms. The summed E-state index contributed by atoms with van der Waals surface area (Å²) in [7, 11) is 0. The van der Waals surface area contributed by atoms with Crippen LogP contribution in [0.15, 0.2) is 0 Å². The fraction of sp³-hybridized carbons (Fsp3) is 0.833. The smallest absolute Gasteiger partial charge is 0.151 e. The molecular weight excluding hydrogens is 180 g/mol. The number of aliphatic hydroxyl groups is 5. The van der Waals surface area contributed by atoms with E-state index < -0.39 is 31.0 Å². The minimum atomic E-state index is -1.79. The number of carbonyl (C=O) groups is 1. The molecule has 0 aliphatic rings. The average Bonchev–Trinajstić information content (AvgIpc) is 2.12. The summed E-state index contributed by atoms with van der Waals surface area (Å²) in [6.45, 7) is -0.760. The van der Waals surface area contributed by atoms with Gasteiger partial charge in [0.2, 0.25) is 0 Å². The van der Waals surface area contributed by atoms with Gasteiger partial charge in [-0.05, 0) is 0 Å². The van der Waals surface area contributed by atoms with Crippen molar-refractivity contribution < 1.29 is 30.3 Å². The average molecular weight is 192 g/mol. The Labute approximate surface area is 68.7 Å². The molecule has 0 unspecified atom stereocenters. The summed E-state index contributed by atoms with van der Waals surface area (Å²) in [5, 5.41) is 43.5. The molecular formula is C6H12O6. The van der Waals surface area contributed by atoms with Crippen LogP contribution < -0.4 is 0 Å². The molecule has 0 aliphatic carbocycles. The molecule has 0 fully saturated rings. The van der Waals surface area contributed by atoms with Gasteiger partial charge in [0.1, 0.15) is 24.4 Å². The highest BCUT2D eigenvalue weighted by Crippen LogP contribution is 2.02. The topological polar surface area (TPSA) is 118 Å². The molecule has 0 spiro atoms. The van der Waals surface area contributed by atoms with Gasteiger partial charge in [-0.2, -0.15) is 0 Å². The van der Waals surface area contributed by atoms with Crippen LogP contribution in [0.25, 0.3) is 0 Å². The van der Waals surface area contributed by atoms with Gasteiger partial charge in [0.05, 0.1) is 6.61 Å². The van der Waals surface area contributed by atoms with Gasteiger partial charge >= 0.3 is 0 Å². The lowest BCUT2D eigenvalue weighted by Crippen LogP contribution is -2.46. The van der Waals surface area contributed by atoms with Crippen molar-refractivity contribution in [1.29, 1.82) is 0 Å². The molecule has 0 aromatic rings. The van der Waals surface area contributed by atoms with Gasteiger partial charge in [0.25, 0.3) is 0 Å². The molecule has 0 rings (SSSR count). The maximum Gasteiger partial charge on any atom is 0.151 e. The molecule has 0 saturated heterocycles. The lowest BCUT2D eigenvalue weighted by atomic mass is 10.1. The van der Waals surface area contributed by atoms with Crippen LogP contribution in [0.5, 0.6) is 0 Å². The van der Waals surface area contributed by atoms with Crippen molar-refractivity contribution in [3.8, 4) is 0 Å². The fourth-order valence-electron chi connectivity index (χ4n) is 0.618. The highest BCUT2D eigenvalue weighted by Gasteiger charge is 2.29. The van der Waals surface area contributed by atoms with Crippen LogP contribution in [0.1, 0.15) is 0 Å². The highest BCUT2D eigenvalue weighted by atomic mass is 18.2. The Bertz CT molecular complexity index is 138. The quantitative estimate of drug-likeness (QED) is 0.229. The van der Waals surface area contributed by atoms with E-state index in [2.05, 4.69) is 0 Å². The molecule has 0 aliphatic heterocycles. The summed E-state index contributed by atoms with van der Waals surface area (Å²) in [6, 6.07) is 0. The Hall–Kier alpha value is -0.530. The molecule has 0 aromatic heterocycles. The van der Waals surface area contributed by atoms with Gasteiger partial charge in [-0.15, -0.1) is 0 Å². The predicted octanol–water partition coefficient (Wildman–Crippen LogP) is -3.38. The van der Waals surface area contributed by atoms with Gasteiger partial charge in [-0.3, -0.25) is 0 Å². The molecule has 0 bridgehead atoms. The first-order chi connectivity index (χ1) is 5.54. The van der Waals surface area contributed by atoms with E-state index in [1.807, 2.05) is 0 Å². The van der Waals surface area contributed by atoms with Crippen molar-refractivity contribution in [1.82, 2.24) is 0 Å². The van der Waals surface area contributed by atoms with Crippen LogP contribution in [0, 0.1) is 0 Å². The first-order valence-corrected chi connectivity index (χ1v) is 3.33. The number of hydrogen-bond acceptors (Lipinski definition) is 6. The van der Waals surface area contributed by atoms with Crippen molar-refractivity contribution in [3.63, 3.8) is 0 Å². The number of hydrogen-bond donors (Lipinski definition) is 5. The zero-order valence-corrected chi connectivity index (χ0v) is 6.24. The molecule has 0 heterocycles. The molecule has 5 N–H and O–H groups in total. The van der Waals surface area contributed by atoms with Crippen molar-refractivity contribution in [2.45, 2.75) is 24.4 Å². The minimum absolute atomic E-state index is 0.0258. The Morgan fingerprint density at radius 3 is 1.92 bits per heavy atom. The fourth-order valence-corrected chi connectivity index (χ4v) is 0.618. The van der Waals surface area contributed by atoms with Crippen LogP contribution in [0.2, 0.25) is 0 Å². The lowest BCUT2D eigenvalue weighted by molar-refractivity contribution is -0.136. The number of rotatable bonds is 5. The Morgan fingerprint density at radius 2 is 1.58 bits per heavy atom. The Morgan fingerprint density at radius 1 is 1.08 bits per heavy atom. The van der Waals surface area contributed by atoms with E-state index in [0.717, 1.165) is 0 Å². The second-order valence-corrected chi connectivity index (χ2v) is 2.36. The zero-order chi connectivity index (χ0) is 9.72. The first kappa shape index (κ1) is 11.5. The Balaban J connectivity index is 4.07. The zero-order valence-electron chi connectivity index (χ0n) is 6.24. The first-order valence-electron chi connectivity index (χ1n) is 3.33. The van der Waals surface area contributed by atoms with Gasteiger partial charge < -0.3 is 30.3 Å². The van der Waals surface area contributed by atoms with E-state index in [9.17, 15) is 4.79 Å². The Kier molecular flexibility index (Phi) is 4.95. The molecule has 6 nitrogen and oxygen atoms in total. The summed E-state index contributed by atoms with van der Waals surface area (Å²) < 4.78 is 0. The standard InChI is InChI=1S/C6H12O6/c7-1-3(9)5(11)6(12)4(10)2-8/h1,3-6,8-12H,2H2/t3-,4-,5-,6-/m1/s1/i7+2,8+2,9+2,10+2,11+2,12+2. The SMILES string of the molecule is [18O]=C[C@@H]([18OH])[C@@H]([18OH])[C@H]([18OH])[C@H]([18OH])C[18OH]. The second kappa shape index (κ2) is 5.18. The van der Waals surface area contributed by atoms with Crippen LogP contribution in [0.3, 0.4) is 0 Å². The minimum Gasteiger partial charge on any atom is -0.394 e. The van der Waals surface area contributed by atoms with Crippen LogP contribution in [-0.2, 0) is 4.79 Å². The lowest BCUT2D eigenvalue weighted by Gasteiger charge is -2.22. The van der Waals surface area contributed by atoms with E-state index in [0.29, 0.717) is 0 Å². The second-order valence-electron chi connectivity index (χ2n) is 2.36. The third-order valence-corrected chi connectivity index (χ3v) is 1.42. The largest absolute Gasteiger partial charge is 0.394 e. The monoisotopic (exact) mass is 192 g/mol. The summed E-state index contributed by atoms with van der Waals surface area (Å²) in [6.07, 6.45) is -6.84. The van der Waals surface area contributed by atoms with Crippen LogP contribution in [-0.4, -0.2) is 62.8 Å². The van der Waals surface area contributed by atoms with E-state index in [4.69, 9.17) is 25.5 Å². The van der Waals surface area contributed by atoms with E-state index >= 15 is 0 Å². The molecule has 6 heteroatoms. The van der Waals surface area contributed by atoms with Gasteiger partial charge in [-0.25, -0.2) is 0 Å². The van der Waals surface area contributed by atoms with Crippen molar-refractivity contribution in [2.75, 3.05) is 6.61 Å². The van der Waals surface area contributed by atoms with Crippen LogP contribution in [0.4, 0.5) is 0 Å². The molecule has 0 aromatic carbocycles. The number of aliphatic hydroxyl groups excluding tert-OH is 5. The van der Waals surface area contributed by atoms with Gasteiger partial charge in [0, 0.05) is 0 Å². The molecule has 0 amide bonds. The van der Waals surface area contributed by atoms with Gasteiger partial charge in [0.15, 0.2) is 6.29 Å². The predicted molar refractivity (Wildman–Crippen MR) is 37.2 cm³/mol. The summed E-state index contributed by atoms with van der Waals surface area (Å²) in [4.78, 5) is 9.90. The summed E-state index contributed by atoms with van der Waals surface area (Å²) in [5.41, 5.74) is 0. The third kappa shape index (κ3) is 2.84. The van der Waals surface area contributed by atoms with Gasteiger partial charge in [-0.1, -0.05) is 0 Å². The maximum atomic E-state index is 9.90. The molecule has 0 saturated carbocycles. The molecule has 4 atom stereocenters. The van der Waals surface area contributed by atoms with E-state index in [1.165, 1.54) is 0 Å². The van der Waals surface area contributed by atoms with Crippen molar-refractivity contribution in [3.05, 3.63) is 0 Å². The molecule has 0 radical (unpaired) electrons. The third-order valence-electron chi connectivity index (χ3n) is 1.42. The summed E-state index contributed by atoms with van der Waals surface area (Å²) in [5.74, 6) is 0. The van der Waals surface area contributed by atoms with Crippen molar-refractivity contribution in [2.24, 2.45) is 0 Å². The number of carbonyl (C=O) groups excluding carboxylic acids is 1. The number of aldehydes is 1. The maximum absolute atomic E-state index is 9.90. The van der Waals surface area contributed by atoms with Crippen molar-refractivity contribution >= 4 is 6.29 Å². The normalized spacial score (nSPS) is 21.1. The van der Waals surface area contributed by atoms with E-state index in [1.54, 1.807) is 0 Å².